The maximum absolute atomic E-state index is 12.8. The predicted molar refractivity (Wildman–Crippen MR) is 117 cm³/mol. The summed E-state index contributed by atoms with van der Waals surface area (Å²) in [7, 11) is -3.70. The van der Waals surface area contributed by atoms with Gasteiger partial charge in [-0.25, -0.2) is 8.42 Å². The lowest BCUT2D eigenvalue weighted by atomic mass is 9.84. The smallest absolute Gasteiger partial charge is 0.261 e. The molecule has 2 bridgehead atoms. The number of hydrogen-bond acceptors (Lipinski definition) is 4. The van der Waals surface area contributed by atoms with Crippen LogP contribution in [0.1, 0.15) is 24.8 Å². The molecule has 2 saturated carbocycles. The van der Waals surface area contributed by atoms with Gasteiger partial charge in [-0.1, -0.05) is 24.3 Å². The molecular formula is C21H26ClN3O3S. The molecule has 4 N–H and O–H groups in total. The Bertz CT molecular complexity index is 995. The standard InChI is InChI=1S/C21H25N3O3S.ClH/c1-13-7-10-16(23-21(25)19-14-8-9-15(11-14)20(19)22)12-18(13)24-28(26,27)17-5-3-2-4-6-17;/h2-7,10,12,14-15,19-20,24H,8-9,11,22H2,1H3,(H,23,25);1H. The number of sulfonamides is 1. The third-order valence-corrected chi connectivity index (χ3v) is 7.47. The number of carbonyl (C=O) groups excluding carboxylic acids is 1. The van der Waals surface area contributed by atoms with Crippen LogP contribution in [0.3, 0.4) is 0 Å². The minimum Gasteiger partial charge on any atom is -0.327 e. The summed E-state index contributed by atoms with van der Waals surface area (Å²) in [6.45, 7) is 1.82. The Morgan fingerprint density at radius 3 is 2.41 bits per heavy atom. The van der Waals surface area contributed by atoms with Crippen LogP contribution in [0.15, 0.2) is 53.4 Å². The first-order valence-corrected chi connectivity index (χ1v) is 11.1. The lowest BCUT2D eigenvalue weighted by molar-refractivity contribution is -0.121. The molecule has 2 aromatic carbocycles. The Morgan fingerprint density at radius 2 is 1.76 bits per heavy atom. The summed E-state index contributed by atoms with van der Waals surface area (Å²) < 4.78 is 27.8. The van der Waals surface area contributed by atoms with Gasteiger partial charge in [0.1, 0.15) is 0 Å². The van der Waals surface area contributed by atoms with Crippen molar-refractivity contribution in [3.05, 3.63) is 54.1 Å². The topological polar surface area (TPSA) is 101 Å². The van der Waals surface area contributed by atoms with Gasteiger partial charge in [-0.2, -0.15) is 0 Å². The summed E-state index contributed by atoms with van der Waals surface area (Å²) in [4.78, 5) is 13.0. The molecule has 2 aromatic rings. The van der Waals surface area contributed by atoms with Crippen LogP contribution in [0.25, 0.3) is 0 Å². The van der Waals surface area contributed by atoms with Gasteiger partial charge in [0.05, 0.1) is 16.5 Å². The zero-order valence-corrected chi connectivity index (χ0v) is 17.8. The highest BCUT2D eigenvalue weighted by Crippen LogP contribution is 2.48. The van der Waals surface area contributed by atoms with Gasteiger partial charge in [-0.15, -0.1) is 12.4 Å². The largest absolute Gasteiger partial charge is 0.327 e. The monoisotopic (exact) mass is 435 g/mol. The van der Waals surface area contributed by atoms with Crippen LogP contribution in [-0.2, 0) is 14.8 Å². The van der Waals surface area contributed by atoms with Crippen molar-refractivity contribution >= 4 is 39.7 Å². The average Bonchev–Trinajstić information content (AvgIpc) is 3.26. The molecule has 8 heteroatoms. The van der Waals surface area contributed by atoms with Crippen molar-refractivity contribution in [1.29, 1.82) is 0 Å². The molecule has 0 radical (unpaired) electrons. The van der Waals surface area contributed by atoms with Gasteiger partial charge in [-0.05, 0) is 67.9 Å². The van der Waals surface area contributed by atoms with Crippen molar-refractivity contribution in [2.45, 2.75) is 37.1 Å². The van der Waals surface area contributed by atoms with Crippen LogP contribution in [0.4, 0.5) is 11.4 Å². The fourth-order valence-corrected chi connectivity index (χ4v) is 5.71. The number of carbonyl (C=O) groups is 1. The molecule has 0 aliphatic heterocycles. The molecule has 4 rings (SSSR count). The first-order chi connectivity index (χ1) is 13.3. The molecule has 2 fully saturated rings. The van der Waals surface area contributed by atoms with E-state index >= 15 is 0 Å². The summed E-state index contributed by atoms with van der Waals surface area (Å²) >= 11 is 0. The van der Waals surface area contributed by atoms with E-state index in [2.05, 4.69) is 10.0 Å². The van der Waals surface area contributed by atoms with E-state index in [1.807, 2.05) is 6.92 Å². The number of halogens is 1. The Hall–Kier alpha value is -2.09. The summed E-state index contributed by atoms with van der Waals surface area (Å²) in [6.07, 6.45) is 3.22. The highest BCUT2D eigenvalue weighted by atomic mass is 35.5. The molecule has 0 heterocycles. The SMILES string of the molecule is Cc1ccc(NC(=O)C2C3CCC(C3)C2N)cc1NS(=O)(=O)c1ccccc1.Cl. The van der Waals surface area contributed by atoms with Gasteiger partial charge in [0.15, 0.2) is 0 Å². The highest BCUT2D eigenvalue weighted by molar-refractivity contribution is 7.92. The molecule has 4 unspecified atom stereocenters. The van der Waals surface area contributed by atoms with E-state index in [4.69, 9.17) is 5.73 Å². The average molecular weight is 436 g/mol. The normalized spacial score (nSPS) is 25.3. The molecule has 4 atom stereocenters. The summed E-state index contributed by atoms with van der Waals surface area (Å²) in [5.74, 6) is 0.582. The second-order valence-electron chi connectivity index (χ2n) is 7.87. The van der Waals surface area contributed by atoms with Crippen molar-refractivity contribution in [1.82, 2.24) is 0 Å². The molecule has 1 amide bonds. The summed E-state index contributed by atoms with van der Waals surface area (Å²) in [5.41, 5.74) is 8.05. The first-order valence-electron chi connectivity index (χ1n) is 9.60. The van der Waals surface area contributed by atoms with Crippen LogP contribution in [0.2, 0.25) is 0 Å². The number of nitrogens with one attached hydrogen (secondary N) is 2. The zero-order chi connectivity index (χ0) is 19.9. The number of amides is 1. The van der Waals surface area contributed by atoms with E-state index < -0.39 is 10.0 Å². The van der Waals surface area contributed by atoms with E-state index in [9.17, 15) is 13.2 Å². The number of nitrogens with two attached hydrogens (primary N) is 1. The molecule has 0 spiro atoms. The van der Waals surface area contributed by atoms with Crippen LogP contribution in [0.5, 0.6) is 0 Å². The molecule has 0 saturated heterocycles. The number of aryl methyl sites for hydroxylation is 1. The summed E-state index contributed by atoms with van der Waals surface area (Å²) in [6, 6.07) is 13.4. The van der Waals surface area contributed by atoms with Crippen molar-refractivity contribution in [3.8, 4) is 0 Å². The molecule has 6 nitrogen and oxygen atoms in total. The quantitative estimate of drug-likeness (QED) is 0.668. The van der Waals surface area contributed by atoms with E-state index in [1.54, 1.807) is 48.5 Å². The van der Waals surface area contributed by atoms with Crippen molar-refractivity contribution in [2.75, 3.05) is 10.0 Å². The minimum absolute atomic E-state index is 0. The van der Waals surface area contributed by atoms with Crippen LogP contribution in [0, 0.1) is 24.7 Å². The first kappa shape index (κ1) is 21.6. The fourth-order valence-electron chi connectivity index (χ4n) is 4.56. The second-order valence-corrected chi connectivity index (χ2v) is 9.56. The third-order valence-electron chi connectivity index (χ3n) is 6.09. The minimum atomic E-state index is -3.70. The lowest BCUT2D eigenvalue weighted by Crippen LogP contribution is -2.42. The number of fused-ring (bicyclic) bond motifs is 2. The van der Waals surface area contributed by atoms with Gasteiger partial charge in [0.25, 0.3) is 10.0 Å². The number of hydrogen-bond donors (Lipinski definition) is 3. The maximum Gasteiger partial charge on any atom is 0.261 e. The Balaban J connectivity index is 0.00000240. The number of rotatable bonds is 5. The third kappa shape index (κ3) is 4.27. The highest BCUT2D eigenvalue weighted by Gasteiger charge is 2.49. The zero-order valence-electron chi connectivity index (χ0n) is 16.2. The molecule has 2 aliphatic carbocycles. The molecular weight excluding hydrogens is 410 g/mol. The Kier molecular flexibility index (Phi) is 6.22. The lowest BCUT2D eigenvalue weighted by Gasteiger charge is -2.27. The Labute approximate surface area is 177 Å². The van der Waals surface area contributed by atoms with Crippen LogP contribution in [-0.4, -0.2) is 20.4 Å². The van der Waals surface area contributed by atoms with E-state index in [0.29, 0.717) is 23.2 Å². The molecule has 29 heavy (non-hydrogen) atoms. The van der Waals surface area contributed by atoms with Crippen molar-refractivity contribution in [2.24, 2.45) is 23.5 Å². The van der Waals surface area contributed by atoms with Crippen LogP contribution < -0.4 is 15.8 Å². The van der Waals surface area contributed by atoms with Gasteiger partial charge >= 0.3 is 0 Å². The molecule has 156 valence electrons. The second kappa shape index (κ2) is 8.34. The van der Waals surface area contributed by atoms with E-state index in [1.165, 1.54) is 0 Å². The molecule has 2 aliphatic rings. The van der Waals surface area contributed by atoms with Crippen LogP contribution >= 0.6 is 12.4 Å². The van der Waals surface area contributed by atoms with Gasteiger partial charge < -0.3 is 11.1 Å². The predicted octanol–water partition coefficient (Wildman–Crippen LogP) is 3.53. The van der Waals surface area contributed by atoms with Gasteiger partial charge in [0.2, 0.25) is 5.91 Å². The molecule has 0 aromatic heterocycles. The fraction of sp³-hybridized carbons (Fsp3) is 0.381. The van der Waals surface area contributed by atoms with Crippen molar-refractivity contribution < 1.29 is 13.2 Å². The maximum atomic E-state index is 12.8. The van der Waals surface area contributed by atoms with Gasteiger partial charge in [-0.3, -0.25) is 9.52 Å². The van der Waals surface area contributed by atoms with E-state index in [-0.39, 0.29) is 35.2 Å². The van der Waals surface area contributed by atoms with Crippen molar-refractivity contribution in [3.63, 3.8) is 0 Å². The number of anilines is 2. The summed E-state index contributed by atoms with van der Waals surface area (Å²) in [5, 5.41) is 2.94. The number of benzene rings is 2. The Morgan fingerprint density at radius 1 is 1.07 bits per heavy atom. The van der Waals surface area contributed by atoms with E-state index in [0.717, 1.165) is 24.8 Å². The van der Waals surface area contributed by atoms with Gasteiger partial charge in [0, 0.05) is 11.7 Å².